The van der Waals surface area contributed by atoms with E-state index in [-0.39, 0.29) is 5.91 Å². The van der Waals surface area contributed by atoms with E-state index < -0.39 is 0 Å². The molecule has 1 N–H and O–H groups in total. The molecule has 3 rings (SSSR count). The maximum absolute atomic E-state index is 12.7. The number of anilines is 1. The Labute approximate surface area is 155 Å². The molecule has 5 heteroatoms. The highest BCUT2D eigenvalue weighted by Crippen LogP contribution is 2.19. The summed E-state index contributed by atoms with van der Waals surface area (Å²) in [7, 11) is 1.67. The molecule has 2 aromatic rings. The van der Waals surface area contributed by atoms with Gasteiger partial charge in [-0.2, -0.15) is 0 Å². The number of hydrogen-bond acceptors (Lipinski definition) is 4. The molecule has 0 unspecified atom stereocenters. The molecule has 1 fully saturated rings. The van der Waals surface area contributed by atoms with Gasteiger partial charge in [-0.05, 0) is 55.0 Å². The fraction of sp³-hybridized carbons (Fsp3) is 0.429. The van der Waals surface area contributed by atoms with E-state index in [9.17, 15) is 4.79 Å². The molecule has 26 heavy (non-hydrogen) atoms. The predicted molar refractivity (Wildman–Crippen MR) is 104 cm³/mol. The van der Waals surface area contributed by atoms with Gasteiger partial charge >= 0.3 is 0 Å². The highest BCUT2D eigenvalue weighted by atomic mass is 16.5. The van der Waals surface area contributed by atoms with E-state index in [0.717, 1.165) is 50.5 Å². The zero-order valence-electron chi connectivity index (χ0n) is 15.6. The molecule has 5 nitrogen and oxygen atoms in total. The van der Waals surface area contributed by atoms with E-state index in [1.807, 2.05) is 23.1 Å². The number of pyridine rings is 1. The average molecular weight is 353 g/mol. The number of amides is 1. The molecule has 1 aromatic heterocycles. The van der Waals surface area contributed by atoms with Crippen LogP contribution in [0.25, 0.3) is 0 Å². The van der Waals surface area contributed by atoms with Crippen LogP contribution in [0.4, 0.5) is 5.82 Å². The maximum Gasteiger partial charge on any atom is 0.254 e. The minimum atomic E-state index is 0.109. The summed E-state index contributed by atoms with van der Waals surface area (Å²) in [5, 5.41) is 3.31. The van der Waals surface area contributed by atoms with Crippen LogP contribution in [-0.2, 0) is 6.42 Å². The Morgan fingerprint density at radius 2 is 1.96 bits per heavy atom. The smallest absolute Gasteiger partial charge is 0.254 e. The lowest BCUT2D eigenvalue weighted by atomic mass is 9.99. The summed E-state index contributed by atoms with van der Waals surface area (Å²) in [6, 6.07) is 11.7. The Balaban J connectivity index is 1.54. The number of aromatic nitrogens is 1. The number of rotatable bonds is 6. The van der Waals surface area contributed by atoms with Crippen molar-refractivity contribution in [1.29, 1.82) is 0 Å². The summed E-state index contributed by atoms with van der Waals surface area (Å²) in [6.07, 6.45) is 4.76. The first kappa shape index (κ1) is 18.2. The second-order valence-corrected chi connectivity index (χ2v) is 6.93. The average Bonchev–Trinajstić information content (AvgIpc) is 2.69. The first-order chi connectivity index (χ1) is 12.7. The molecule has 138 valence electrons. The molecular formula is C21H27N3O2. The first-order valence-electron chi connectivity index (χ1n) is 9.28. The normalized spacial score (nSPS) is 14.9. The summed E-state index contributed by atoms with van der Waals surface area (Å²) in [5.41, 5.74) is 1.94. The van der Waals surface area contributed by atoms with Crippen molar-refractivity contribution in [3.63, 3.8) is 0 Å². The summed E-state index contributed by atoms with van der Waals surface area (Å²) in [4.78, 5) is 19.0. The van der Waals surface area contributed by atoms with Gasteiger partial charge in [0.1, 0.15) is 11.6 Å². The Bertz CT molecular complexity index is 722. The van der Waals surface area contributed by atoms with Gasteiger partial charge in [-0.3, -0.25) is 4.79 Å². The number of methoxy groups -OCH3 is 1. The van der Waals surface area contributed by atoms with Gasteiger partial charge in [-0.1, -0.05) is 19.1 Å². The highest BCUT2D eigenvalue weighted by Gasteiger charge is 2.21. The maximum atomic E-state index is 12.7. The van der Waals surface area contributed by atoms with Crippen LogP contribution < -0.4 is 10.1 Å². The van der Waals surface area contributed by atoms with Crippen LogP contribution in [0.5, 0.6) is 5.75 Å². The van der Waals surface area contributed by atoms with Crippen molar-refractivity contribution in [3.8, 4) is 5.75 Å². The standard InChI is InChI=1S/C21H27N3O2/c1-16-9-13-24(14-10-16)21(25)18-8-12-23-20(15-18)22-11-7-17-3-5-19(26-2)6-4-17/h3-6,8,12,15-16H,7,9-11,13-14H2,1-2H3,(H,22,23). The third kappa shape index (κ3) is 4.75. The second kappa shape index (κ2) is 8.70. The number of ether oxygens (including phenoxy) is 1. The molecule has 1 aliphatic heterocycles. The number of benzene rings is 1. The number of likely N-dealkylation sites (tertiary alicyclic amines) is 1. The molecular weight excluding hydrogens is 326 g/mol. The van der Waals surface area contributed by atoms with Crippen LogP contribution in [0.1, 0.15) is 35.7 Å². The Hall–Kier alpha value is -2.56. The van der Waals surface area contributed by atoms with Crippen LogP contribution in [0, 0.1) is 5.92 Å². The molecule has 0 atom stereocenters. The molecule has 1 aliphatic rings. The lowest BCUT2D eigenvalue weighted by Crippen LogP contribution is -2.37. The number of nitrogens with one attached hydrogen (secondary N) is 1. The van der Waals surface area contributed by atoms with Gasteiger partial charge in [0.05, 0.1) is 7.11 Å². The third-order valence-corrected chi connectivity index (χ3v) is 4.96. The molecule has 1 amide bonds. The number of carbonyl (C=O) groups excluding carboxylic acids is 1. The van der Waals surface area contributed by atoms with Gasteiger partial charge < -0.3 is 15.0 Å². The van der Waals surface area contributed by atoms with E-state index in [0.29, 0.717) is 11.5 Å². The first-order valence-corrected chi connectivity index (χ1v) is 9.28. The van der Waals surface area contributed by atoms with Crippen LogP contribution in [0.3, 0.4) is 0 Å². The summed E-state index contributed by atoms with van der Waals surface area (Å²) in [5.74, 6) is 2.43. The van der Waals surface area contributed by atoms with Crippen molar-refractivity contribution in [3.05, 3.63) is 53.7 Å². The Kier molecular flexibility index (Phi) is 6.10. The molecule has 1 aromatic carbocycles. The zero-order valence-corrected chi connectivity index (χ0v) is 15.6. The van der Waals surface area contributed by atoms with Crippen LogP contribution >= 0.6 is 0 Å². The fourth-order valence-corrected chi connectivity index (χ4v) is 3.18. The van der Waals surface area contributed by atoms with Gasteiger partial charge in [-0.15, -0.1) is 0 Å². The van der Waals surface area contributed by atoms with Gasteiger partial charge in [0.15, 0.2) is 0 Å². The van der Waals surface area contributed by atoms with Crippen LogP contribution in [0.15, 0.2) is 42.6 Å². The van der Waals surface area contributed by atoms with Gasteiger partial charge in [0, 0.05) is 31.4 Å². The van der Waals surface area contributed by atoms with Crippen molar-refractivity contribution in [2.24, 2.45) is 5.92 Å². The Morgan fingerprint density at radius 1 is 1.23 bits per heavy atom. The van der Waals surface area contributed by atoms with Gasteiger partial charge in [0.2, 0.25) is 0 Å². The van der Waals surface area contributed by atoms with E-state index >= 15 is 0 Å². The largest absolute Gasteiger partial charge is 0.497 e. The van der Waals surface area contributed by atoms with Gasteiger partial charge in [-0.25, -0.2) is 4.98 Å². The predicted octanol–water partition coefficient (Wildman–Crippen LogP) is 3.62. The SMILES string of the molecule is COc1ccc(CCNc2cc(C(=O)N3CCC(C)CC3)ccn2)cc1. The lowest BCUT2D eigenvalue weighted by Gasteiger charge is -2.30. The fourth-order valence-electron chi connectivity index (χ4n) is 3.18. The van der Waals surface area contributed by atoms with Gasteiger partial charge in [0.25, 0.3) is 5.91 Å². The molecule has 0 aliphatic carbocycles. The second-order valence-electron chi connectivity index (χ2n) is 6.93. The van der Waals surface area contributed by atoms with E-state index in [1.165, 1.54) is 5.56 Å². The number of hydrogen-bond donors (Lipinski definition) is 1. The van der Waals surface area contributed by atoms with Crippen molar-refractivity contribution >= 4 is 11.7 Å². The summed E-state index contributed by atoms with van der Waals surface area (Å²) >= 11 is 0. The Morgan fingerprint density at radius 3 is 2.65 bits per heavy atom. The molecule has 0 spiro atoms. The topological polar surface area (TPSA) is 54.5 Å². The molecule has 0 bridgehead atoms. The number of piperidine rings is 1. The lowest BCUT2D eigenvalue weighted by molar-refractivity contribution is 0.0697. The van der Waals surface area contributed by atoms with E-state index in [4.69, 9.17) is 4.74 Å². The minimum Gasteiger partial charge on any atom is -0.497 e. The van der Waals surface area contributed by atoms with Crippen molar-refractivity contribution < 1.29 is 9.53 Å². The third-order valence-electron chi connectivity index (χ3n) is 4.96. The van der Waals surface area contributed by atoms with E-state index in [2.05, 4.69) is 29.4 Å². The molecule has 0 saturated carbocycles. The minimum absolute atomic E-state index is 0.109. The number of carbonyl (C=O) groups is 1. The molecule has 1 saturated heterocycles. The summed E-state index contributed by atoms with van der Waals surface area (Å²) < 4.78 is 5.17. The quantitative estimate of drug-likeness (QED) is 0.862. The molecule has 0 radical (unpaired) electrons. The highest BCUT2D eigenvalue weighted by molar-refractivity contribution is 5.94. The molecule has 2 heterocycles. The zero-order chi connectivity index (χ0) is 18.4. The van der Waals surface area contributed by atoms with Crippen molar-refractivity contribution in [2.45, 2.75) is 26.2 Å². The number of nitrogens with zero attached hydrogens (tertiary/aromatic N) is 2. The van der Waals surface area contributed by atoms with E-state index in [1.54, 1.807) is 19.4 Å². The summed E-state index contributed by atoms with van der Waals surface area (Å²) in [6.45, 7) is 4.71. The monoisotopic (exact) mass is 353 g/mol. The van der Waals surface area contributed by atoms with Crippen LogP contribution in [-0.4, -0.2) is 42.5 Å². The van der Waals surface area contributed by atoms with Crippen molar-refractivity contribution in [1.82, 2.24) is 9.88 Å². The van der Waals surface area contributed by atoms with Crippen molar-refractivity contribution in [2.75, 3.05) is 32.1 Å². The van der Waals surface area contributed by atoms with Crippen LogP contribution in [0.2, 0.25) is 0 Å².